The summed E-state index contributed by atoms with van der Waals surface area (Å²) in [5.41, 5.74) is 1.69. The molecule has 0 bridgehead atoms. The summed E-state index contributed by atoms with van der Waals surface area (Å²) in [6.45, 7) is 7.88. The largest absolute Gasteiger partial charge is 0.489 e. The second-order valence-electron chi connectivity index (χ2n) is 7.80. The zero-order chi connectivity index (χ0) is 21.0. The van der Waals surface area contributed by atoms with Gasteiger partial charge < -0.3 is 19.8 Å². The van der Waals surface area contributed by atoms with Crippen molar-refractivity contribution in [1.82, 2.24) is 10.3 Å². The fourth-order valence-corrected chi connectivity index (χ4v) is 3.09. The van der Waals surface area contributed by atoms with E-state index in [1.807, 2.05) is 70.2 Å². The standard InChI is InChI=1S/C23H26N2O4/c1-15-9-8-12-17-18(15)20(28-14-13-24-22(27)29-23(2,3)4)19(25-21(17)26)16-10-6-5-7-11-16/h5-12H,13-14H2,1-4H3,(H,24,27)(H,25,26). The van der Waals surface area contributed by atoms with E-state index < -0.39 is 11.7 Å². The number of hydrogen-bond donors (Lipinski definition) is 2. The van der Waals surface area contributed by atoms with Gasteiger partial charge in [0, 0.05) is 10.9 Å². The highest BCUT2D eigenvalue weighted by Crippen LogP contribution is 2.35. The van der Waals surface area contributed by atoms with Crippen molar-refractivity contribution in [3.05, 3.63) is 64.4 Å². The van der Waals surface area contributed by atoms with Crippen LogP contribution in [0.4, 0.5) is 4.79 Å². The fraction of sp³-hybridized carbons (Fsp3) is 0.304. The van der Waals surface area contributed by atoms with Crippen molar-refractivity contribution in [2.45, 2.75) is 33.3 Å². The molecule has 1 heterocycles. The third-order valence-electron chi connectivity index (χ3n) is 4.29. The molecule has 2 aromatic carbocycles. The lowest BCUT2D eigenvalue weighted by Gasteiger charge is -2.20. The summed E-state index contributed by atoms with van der Waals surface area (Å²) in [4.78, 5) is 27.4. The topological polar surface area (TPSA) is 80.4 Å². The highest BCUT2D eigenvalue weighted by atomic mass is 16.6. The smallest absolute Gasteiger partial charge is 0.407 e. The lowest BCUT2D eigenvalue weighted by Crippen LogP contribution is -2.34. The first-order valence-electron chi connectivity index (χ1n) is 9.57. The Morgan fingerprint density at radius 2 is 1.79 bits per heavy atom. The number of fused-ring (bicyclic) bond motifs is 1. The maximum absolute atomic E-state index is 12.6. The van der Waals surface area contributed by atoms with E-state index in [0.717, 1.165) is 16.5 Å². The van der Waals surface area contributed by atoms with Crippen molar-refractivity contribution in [3.63, 3.8) is 0 Å². The number of amides is 1. The molecule has 0 spiro atoms. The van der Waals surface area contributed by atoms with Gasteiger partial charge in [0.15, 0.2) is 5.75 Å². The van der Waals surface area contributed by atoms with Crippen LogP contribution in [0, 0.1) is 6.92 Å². The molecule has 1 aromatic heterocycles. The Morgan fingerprint density at radius 1 is 1.07 bits per heavy atom. The molecule has 0 fully saturated rings. The van der Waals surface area contributed by atoms with E-state index in [4.69, 9.17) is 9.47 Å². The second-order valence-corrected chi connectivity index (χ2v) is 7.80. The number of carbonyl (C=O) groups is 1. The van der Waals surface area contributed by atoms with Crippen molar-refractivity contribution in [2.75, 3.05) is 13.2 Å². The molecule has 1 amide bonds. The van der Waals surface area contributed by atoms with E-state index in [9.17, 15) is 9.59 Å². The van der Waals surface area contributed by atoms with Crippen LogP contribution in [-0.4, -0.2) is 29.8 Å². The summed E-state index contributed by atoms with van der Waals surface area (Å²) in [7, 11) is 0. The lowest BCUT2D eigenvalue weighted by molar-refractivity contribution is 0.0520. The first-order valence-corrected chi connectivity index (χ1v) is 9.57. The van der Waals surface area contributed by atoms with Gasteiger partial charge >= 0.3 is 6.09 Å². The number of benzene rings is 2. The fourth-order valence-electron chi connectivity index (χ4n) is 3.09. The molecule has 29 heavy (non-hydrogen) atoms. The normalized spacial score (nSPS) is 11.3. The Morgan fingerprint density at radius 3 is 2.48 bits per heavy atom. The minimum Gasteiger partial charge on any atom is -0.489 e. The molecule has 6 nitrogen and oxygen atoms in total. The van der Waals surface area contributed by atoms with E-state index in [1.165, 1.54) is 0 Å². The predicted octanol–water partition coefficient (Wildman–Crippen LogP) is 4.41. The summed E-state index contributed by atoms with van der Waals surface area (Å²) in [5.74, 6) is 0.592. The maximum Gasteiger partial charge on any atom is 0.407 e. The van der Waals surface area contributed by atoms with Crippen LogP contribution >= 0.6 is 0 Å². The quantitative estimate of drug-likeness (QED) is 0.628. The Hall–Kier alpha value is -3.28. The van der Waals surface area contributed by atoms with Crippen molar-refractivity contribution in [3.8, 4) is 17.0 Å². The molecule has 0 unspecified atom stereocenters. The van der Waals surface area contributed by atoms with Gasteiger partial charge in [-0.15, -0.1) is 0 Å². The van der Waals surface area contributed by atoms with Crippen LogP contribution in [-0.2, 0) is 4.74 Å². The number of hydrogen-bond acceptors (Lipinski definition) is 4. The van der Waals surface area contributed by atoms with Gasteiger partial charge in [-0.05, 0) is 39.3 Å². The Bertz CT molecular complexity index is 1070. The molecule has 0 atom stereocenters. The summed E-state index contributed by atoms with van der Waals surface area (Å²) in [6, 6.07) is 15.1. The third kappa shape index (κ3) is 4.96. The number of ether oxygens (including phenoxy) is 2. The molecule has 6 heteroatoms. The second kappa shape index (κ2) is 8.39. The number of alkyl carbamates (subject to hydrolysis) is 1. The van der Waals surface area contributed by atoms with Gasteiger partial charge in [-0.1, -0.05) is 42.5 Å². The minimum atomic E-state index is -0.558. The molecule has 3 aromatic rings. The molecule has 0 aliphatic heterocycles. The third-order valence-corrected chi connectivity index (χ3v) is 4.29. The molecular weight excluding hydrogens is 368 g/mol. The zero-order valence-corrected chi connectivity index (χ0v) is 17.2. The Balaban J connectivity index is 1.90. The molecule has 0 saturated heterocycles. The van der Waals surface area contributed by atoms with Gasteiger partial charge in [0.05, 0.1) is 17.6 Å². The highest BCUT2D eigenvalue weighted by Gasteiger charge is 2.18. The van der Waals surface area contributed by atoms with Crippen molar-refractivity contribution in [1.29, 1.82) is 0 Å². The van der Waals surface area contributed by atoms with Crippen LogP contribution in [0.1, 0.15) is 26.3 Å². The average Bonchev–Trinajstić information content (AvgIpc) is 2.66. The number of aromatic nitrogens is 1. The van der Waals surface area contributed by atoms with Gasteiger partial charge in [-0.25, -0.2) is 4.79 Å². The number of pyridine rings is 1. The Labute approximate surface area is 169 Å². The molecule has 0 aliphatic rings. The molecule has 0 aliphatic carbocycles. The van der Waals surface area contributed by atoms with Crippen molar-refractivity contribution < 1.29 is 14.3 Å². The number of H-pyrrole nitrogens is 1. The summed E-state index contributed by atoms with van der Waals surface area (Å²) < 4.78 is 11.3. The number of nitrogens with one attached hydrogen (secondary N) is 2. The van der Waals surface area contributed by atoms with Crippen LogP contribution in [0.2, 0.25) is 0 Å². The predicted molar refractivity (Wildman–Crippen MR) is 114 cm³/mol. The van der Waals surface area contributed by atoms with E-state index >= 15 is 0 Å². The van der Waals surface area contributed by atoms with Crippen LogP contribution in [0.3, 0.4) is 0 Å². The molecule has 0 radical (unpaired) electrons. The van der Waals surface area contributed by atoms with Gasteiger partial charge in [0.25, 0.3) is 5.56 Å². The van der Waals surface area contributed by atoms with E-state index in [0.29, 0.717) is 16.8 Å². The monoisotopic (exact) mass is 394 g/mol. The summed E-state index contributed by atoms with van der Waals surface area (Å²) in [6.07, 6.45) is -0.494. The average molecular weight is 394 g/mol. The van der Waals surface area contributed by atoms with Gasteiger partial charge in [-0.2, -0.15) is 0 Å². The lowest BCUT2D eigenvalue weighted by atomic mass is 10.0. The van der Waals surface area contributed by atoms with Crippen LogP contribution in [0.5, 0.6) is 5.75 Å². The molecule has 0 saturated carbocycles. The van der Waals surface area contributed by atoms with Crippen LogP contribution in [0.15, 0.2) is 53.3 Å². The Kier molecular flexibility index (Phi) is 5.92. The molecule has 3 rings (SSSR count). The van der Waals surface area contributed by atoms with Crippen LogP contribution < -0.4 is 15.6 Å². The van der Waals surface area contributed by atoms with Crippen molar-refractivity contribution in [2.24, 2.45) is 0 Å². The molecule has 2 N–H and O–H groups in total. The highest BCUT2D eigenvalue weighted by molar-refractivity contribution is 5.95. The van der Waals surface area contributed by atoms with Crippen molar-refractivity contribution >= 4 is 16.9 Å². The van der Waals surface area contributed by atoms with E-state index in [2.05, 4.69) is 10.3 Å². The molecule has 152 valence electrons. The van der Waals surface area contributed by atoms with Gasteiger partial charge in [-0.3, -0.25) is 4.79 Å². The molecular formula is C23H26N2O4. The van der Waals surface area contributed by atoms with Gasteiger partial charge in [0.2, 0.25) is 0 Å². The number of aryl methyl sites for hydroxylation is 1. The van der Waals surface area contributed by atoms with E-state index in [1.54, 1.807) is 6.07 Å². The number of carbonyl (C=O) groups excluding carboxylic acids is 1. The zero-order valence-electron chi connectivity index (χ0n) is 17.2. The number of rotatable bonds is 5. The van der Waals surface area contributed by atoms with Gasteiger partial charge in [0.1, 0.15) is 12.2 Å². The first kappa shape index (κ1) is 20.5. The summed E-state index contributed by atoms with van der Waals surface area (Å²) in [5, 5.41) is 4.02. The SMILES string of the molecule is Cc1cccc2c(=O)[nH]c(-c3ccccc3)c(OCCNC(=O)OC(C)(C)C)c12. The summed E-state index contributed by atoms with van der Waals surface area (Å²) >= 11 is 0. The van der Waals surface area contributed by atoms with Crippen LogP contribution in [0.25, 0.3) is 22.0 Å². The minimum absolute atomic E-state index is 0.165. The van der Waals surface area contributed by atoms with E-state index in [-0.39, 0.29) is 18.7 Å². The maximum atomic E-state index is 12.6. The first-order chi connectivity index (χ1) is 13.8. The number of aromatic amines is 1.